The van der Waals surface area contributed by atoms with E-state index in [0.29, 0.717) is 6.04 Å². The van der Waals surface area contributed by atoms with Crippen molar-refractivity contribution in [1.29, 1.82) is 0 Å². The molecule has 1 aliphatic heterocycles. The van der Waals surface area contributed by atoms with Gasteiger partial charge in [0.1, 0.15) is 0 Å². The van der Waals surface area contributed by atoms with E-state index in [1.54, 1.807) is 5.56 Å². The number of hydrogen-bond acceptors (Lipinski definition) is 1. The molecular formula is C17H25ClN2. The second-order valence-electron chi connectivity index (χ2n) is 5.67. The maximum atomic E-state index is 3.68. The Morgan fingerprint density at radius 2 is 2.00 bits per heavy atom. The zero-order valence-electron chi connectivity index (χ0n) is 12.2. The molecule has 3 rings (SSSR count). The van der Waals surface area contributed by atoms with Crippen LogP contribution in [-0.2, 0) is 6.42 Å². The standard InChI is InChI=1S/C17H24N2.ClH/c1-2-3-4-5-10-16-17-14(11-12-18-16)13-8-6-7-9-15(13)19-17;/h6-9,16,18-19H,2-5,10-12H2,1H3;1H. The fraction of sp³-hybridized carbons (Fsp3) is 0.529. The summed E-state index contributed by atoms with van der Waals surface area (Å²) in [6, 6.07) is 9.25. The van der Waals surface area contributed by atoms with Crippen LogP contribution in [0.3, 0.4) is 0 Å². The molecule has 0 spiro atoms. The van der Waals surface area contributed by atoms with Crippen LogP contribution in [0.5, 0.6) is 0 Å². The van der Waals surface area contributed by atoms with Gasteiger partial charge in [-0.1, -0.05) is 50.8 Å². The molecular weight excluding hydrogens is 268 g/mol. The molecule has 1 unspecified atom stereocenters. The molecule has 3 heteroatoms. The second kappa shape index (κ2) is 7.14. The van der Waals surface area contributed by atoms with Crippen molar-refractivity contribution in [2.24, 2.45) is 0 Å². The Morgan fingerprint density at radius 1 is 1.15 bits per heavy atom. The van der Waals surface area contributed by atoms with Crippen molar-refractivity contribution < 1.29 is 0 Å². The van der Waals surface area contributed by atoms with E-state index in [2.05, 4.69) is 41.5 Å². The molecule has 2 aromatic rings. The van der Waals surface area contributed by atoms with Gasteiger partial charge in [-0.2, -0.15) is 0 Å². The lowest BCUT2D eigenvalue weighted by Crippen LogP contribution is -2.29. The van der Waals surface area contributed by atoms with Gasteiger partial charge in [0.2, 0.25) is 0 Å². The summed E-state index contributed by atoms with van der Waals surface area (Å²) in [6.45, 7) is 3.39. The van der Waals surface area contributed by atoms with Crippen LogP contribution in [-0.4, -0.2) is 11.5 Å². The number of aromatic nitrogens is 1. The predicted octanol–water partition coefficient (Wildman–Crippen LogP) is 4.75. The van der Waals surface area contributed by atoms with Gasteiger partial charge < -0.3 is 10.3 Å². The zero-order valence-corrected chi connectivity index (χ0v) is 13.1. The average molecular weight is 293 g/mol. The lowest BCUT2D eigenvalue weighted by Gasteiger charge is -2.24. The Morgan fingerprint density at radius 3 is 2.85 bits per heavy atom. The van der Waals surface area contributed by atoms with Crippen molar-refractivity contribution in [2.45, 2.75) is 51.5 Å². The highest BCUT2D eigenvalue weighted by Crippen LogP contribution is 2.32. The summed E-state index contributed by atoms with van der Waals surface area (Å²) in [6.07, 6.45) is 7.80. The molecule has 110 valence electrons. The van der Waals surface area contributed by atoms with E-state index in [1.165, 1.54) is 48.7 Å². The highest BCUT2D eigenvalue weighted by molar-refractivity contribution is 5.85. The molecule has 2 nitrogen and oxygen atoms in total. The normalized spacial score (nSPS) is 17.8. The first-order valence-corrected chi connectivity index (χ1v) is 7.73. The summed E-state index contributed by atoms with van der Waals surface area (Å²) >= 11 is 0. The van der Waals surface area contributed by atoms with Crippen LogP contribution >= 0.6 is 12.4 Å². The van der Waals surface area contributed by atoms with Gasteiger partial charge in [-0.05, 0) is 31.0 Å². The number of fused-ring (bicyclic) bond motifs is 3. The van der Waals surface area contributed by atoms with Gasteiger partial charge in [0, 0.05) is 22.6 Å². The fourth-order valence-electron chi connectivity index (χ4n) is 3.28. The maximum Gasteiger partial charge on any atom is 0.0476 e. The third-order valence-electron chi connectivity index (χ3n) is 4.31. The molecule has 20 heavy (non-hydrogen) atoms. The van der Waals surface area contributed by atoms with Gasteiger partial charge in [-0.3, -0.25) is 0 Å². The molecule has 2 N–H and O–H groups in total. The summed E-state index contributed by atoms with van der Waals surface area (Å²) in [5.41, 5.74) is 4.30. The summed E-state index contributed by atoms with van der Waals surface area (Å²) < 4.78 is 0. The third-order valence-corrected chi connectivity index (χ3v) is 4.31. The van der Waals surface area contributed by atoms with Gasteiger partial charge in [-0.25, -0.2) is 0 Å². The molecule has 1 aromatic carbocycles. The van der Waals surface area contributed by atoms with E-state index in [-0.39, 0.29) is 12.4 Å². The van der Waals surface area contributed by atoms with E-state index in [9.17, 15) is 0 Å². The first-order valence-electron chi connectivity index (χ1n) is 7.73. The van der Waals surface area contributed by atoms with Gasteiger partial charge >= 0.3 is 0 Å². The number of hydrogen-bond donors (Lipinski definition) is 2. The van der Waals surface area contributed by atoms with Gasteiger partial charge in [-0.15, -0.1) is 12.4 Å². The van der Waals surface area contributed by atoms with Crippen LogP contribution in [0.2, 0.25) is 0 Å². The van der Waals surface area contributed by atoms with Gasteiger partial charge in [0.25, 0.3) is 0 Å². The van der Waals surface area contributed by atoms with Crippen molar-refractivity contribution in [2.75, 3.05) is 6.54 Å². The van der Waals surface area contributed by atoms with Gasteiger partial charge in [0.05, 0.1) is 0 Å². The predicted molar refractivity (Wildman–Crippen MR) is 88.8 cm³/mol. The number of nitrogens with one attached hydrogen (secondary N) is 2. The molecule has 0 radical (unpaired) electrons. The Labute approximate surface area is 127 Å². The highest BCUT2D eigenvalue weighted by Gasteiger charge is 2.22. The van der Waals surface area contributed by atoms with Crippen LogP contribution < -0.4 is 5.32 Å². The maximum absolute atomic E-state index is 3.68. The van der Waals surface area contributed by atoms with E-state index >= 15 is 0 Å². The first kappa shape index (κ1) is 15.4. The minimum absolute atomic E-state index is 0. The van der Waals surface area contributed by atoms with E-state index in [0.717, 1.165) is 13.0 Å². The topological polar surface area (TPSA) is 27.8 Å². The van der Waals surface area contributed by atoms with Crippen LogP contribution in [0.15, 0.2) is 24.3 Å². The minimum Gasteiger partial charge on any atom is -0.357 e. The number of benzene rings is 1. The summed E-state index contributed by atoms with van der Waals surface area (Å²) in [4.78, 5) is 3.64. The number of aromatic amines is 1. The molecule has 1 atom stereocenters. The molecule has 2 heterocycles. The number of rotatable bonds is 5. The van der Waals surface area contributed by atoms with Crippen LogP contribution in [0, 0.1) is 0 Å². The third kappa shape index (κ3) is 3.02. The summed E-state index contributed by atoms with van der Waals surface area (Å²) in [7, 11) is 0. The minimum atomic E-state index is 0. The Bertz CT molecular complexity index is 547. The number of para-hydroxylation sites is 1. The van der Waals surface area contributed by atoms with Crippen LogP contribution in [0.1, 0.15) is 56.3 Å². The molecule has 0 amide bonds. The summed E-state index contributed by atoms with van der Waals surface area (Å²) in [5.74, 6) is 0. The quantitative estimate of drug-likeness (QED) is 0.765. The van der Waals surface area contributed by atoms with Crippen LogP contribution in [0.4, 0.5) is 0 Å². The molecule has 0 bridgehead atoms. The fourth-order valence-corrected chi connectivity index (χ4v) is 3.28. The Kier molecular flexibility index (Phi) is 5.50. The molecule has 0 aliphatic carbocycles. The van der Waals surface area contributed by atoms with Crippen molar-refractivity contribution in [1.82, 2.24) is 10.3 Å². The molecule has 0 fully saturated rings. The number of H-pyrrole nitrogens is 1. The largest absolute Gasteiger partial charge is 0.357 e. The molecule has 0 saturated carbocycles. The molecule has 1 aliphatic rings. The van der Waals surface area contributed by atoms with Crippen molar-refractivity contribution in [3.8, 4) is 0 Å². The molecule has 1 aromatic heterocycles. The highest BCUT2D eigenvalue weighted by atomic mass is 35.5. The van der Waals surface area contributed by atoms with E-state index in [1.807, 2.05) is 0 Å². The summed E-state index contributed by atoms with van der Waals surface area (Å²) in [5, 5.41) is 5.11. The van der Waals surface area contributed by atoms with Crippen molar-refractivity contribution in [3.63, 3.8) is 0 Å². The molecule has 0 saturated heterocycles. The zero-order chi connectivity index (χ0) is 13.1. The average Bonchev–Trinajstić information content (AvgIpc) is 2.83. The number of halogens is 1. The van der Waals surface area contributed by atoms with Crippen LogP contribution in [0.25, 0.3) is 10.9 Å². The van der Waals surface area contributed by atoms with Crippen molar-refractivity contribution >= 4 is 23.3 Å². The first-order chi connectivity index (χ1) is 9.40. The lowest BCUT2D eigenvalue weighted by atomic mass is 9.95. The van der Waals surface area contributed by atoms with E-state index in [4.69, 9.17) is 0 Å². The number of unbranched alkanes of at least 4 members (excludes halogenated alkanes) is 3. The Balaban J connectivity index is 0.00000147. The second-order valence-corrected chi connectivity index (χ2v) is 5.67. The van der Waals surface area contributed by atoms with E-state index < -0.39 is 0 Å². The Hall–Kier alpha value is -0.990. The van der Waals surface area contributed by atoms with Crippen molar-refractivity contribution in [3.05, 3.63) is 35.5 Å². The monoisotopic (exact) mass is 292 g/mol. The van der Waals surface area contributed by atoms with Gasteiger partial charge in [0.15, 0.2) is 0 Å². The smallest absolute Gasteiger partial charge is 0.0476 e. The SMILES string of the molecule is CCCCCCC1NCCc2c1[nH]c1ccccc21.Cl. The lowest BCUT2D eigenvalue weighted by molar-refractivity contribution is 0.445.